The predicted molar refractivity (Wildman–Crippen MR) is 76.0 cm³/mol. The van der Waals surface area contributed by atoms with Crippen LogP contribution in [0.2, 0.25) is 0 Å². The average molecular weight is 295 g/mol. The van der Waals surface area contributed by atoms with Crippen LogP contribution in [0.1, 0.15) is 51.4 Å². The summed E-state index contributed by atoms with van der Waals surface area (Å²) >= 11 is 0. The summed E-state index contributed by atoms with van der Waals surface area (Å²) in [6, 6.07) is 0. The van der Waals surface area contributed by atoms with Crippen LogP contribution in [0.15, 0.2) is 0 Å². The first kappa shape index (κ1) is 13.8. The second-order valence-electron chi connectivity index (χ2n) is 7.08. The van der Waals surface area contributed by atoms with Gasteiger partial charge in [0.2, 0.25) is 0 Å². The third-order valence-electron chi connectivity index (χ3n) is 5.60. The van der Waals surface area contributed by atoms with Crippen molar-refractivity contribution in [2.75, 3.05) is 13.2 Å². The quantitative estimate of drug-likeness (QED) is 0.791. The van der Waals surface area contributed by atoms with E-state index in [1.807, 2.05) is 0 Å². The molecule has 2 saturated heterocycles. The predicted octanol–water partition coefficient (Wildman–Crippen LogP) is 2.38. The molecule has 4 aliphatic rings. The van der Waals surface area contributed by atoms with Crippen LogP contribution >= 0.6 is 0 Å². The molecular formula is C16H25NO4. The second kappa shape index (κ2) is 5.43. The smallest absolute Gasteiger partial charge is 0.407 e. The molecule has 0 aromatic rings. The lowest BCUT2D eigenvalue weighted by Crippen LogP contribution is -2.32. The van der Waals surface area contributed by atoms with E-state index in [4.69, 9.17) is 14.2 Å². The fraction of sp³-hybridized carbons (Fsp3) is 0.938. The summed E-state index contributed by atoms with van der Waals surface area (Å²) in [5.74, 6) is 0.479. The van der Waals surface area contributed by atoms with Gasteiger partial charge in [-0.15, -0.1) is 0 Å². The molecule has 118 valence electrons. The lowest BCUT2D eigenvalue weighted by molar-refractivity contribution is 0.117. The molecular weight excluding hydrogens is 270 g/mol. The van der Waals surface area contributed by atoms with Crippen LogP contribution in [0, 0.1) is 5.92 Å². The average Bonchev–Trinajstić information content (AvgIpc) is 3.38. The Hall–Kier alpha value is -0.810. The van der Waals surface area contributed by atoms with Gasteiger partial charge in [-0.2, -0.15) is 0 Å². The van der Waals surface area contributed by atoms with Crippen molar-refractivity contribution in [1.82, 2.24) is 5.32 Å². The molecule has 5 nitrogen and oxygen atoms in total. The summed E-state index contributed by atoms with van der Waals surface area (Å²) in [5, 5.41) is 2.87. The van der Waals surface area contributed by atoms with E-state index in [1.165, 1.54) is 19.3 Å². The monoisotopic (exact) mass is 295 g/mol. The Morgan fingerprint density at radius 3 is 3.05 bits per heavy atom. The highest BCUT2D eigenvalue weighted by molar-refractivity contribution is 5.67. The number of fused-ring (bicyclic) bond motifs is 2. The molecule has 2 saturated carbocycles. The van der Waals surface area contributed by atoms with E-state index in [9.17, 15) is 4.79 Å². The largest absolute Gasteiger partial charge is 0.449 e. The Labute approximate surface area is 125 Å². The fourth-order valence-electron chi connectivity index (χ4n) is 4.15. The highest BCUT2D eigenvalue weighted by Crippen LogP contribution is 2.49. The van der Waals surface area contributed by atoms with Gasteiger partial charge in [0.05, 0.1) is 30.5 Å². The Morgan fingerprint density at radius 1 is 1.24 bits per heavy atom. The summed E-state index contributed by atoms with van der Waals surface area (Å²) in [6.45, 7) is 1.19. The molecule has 4 fully saturated rings. The molecule has 0 aromatic heterocycles. The molecule has 5 unspecified atom stereocenters. The fourth-order valence-corrected chi connectivity index (χ4v) is 4.15. The summed E-state index contributed by atoms with van der Waals surface area (Å²) in [5.41, 5.74) is 0.0905. The minimum absolute atomic E-state index is 0.0905. The van der Waals surface area contributed by atoms with Gasteiger partial charge in [-0.25, -0.2) is 4.79 Å². The molecule has 5 heteroatoms. The van der Waals surface area contributed by atoms with Gasteiger partial charge in [-0.05, 0) is 44.4 Å². The van der Waals surface area contributed by atoms with Crippen LogP contribution in [-0.4, -0.2) is 43.2 Å². The van der Waals surface area contributed by atoms with Crippen molar-refractivity contribution in [3.8, 4) is 0 Å². The molecule has 0 radical (unpaired) electrons. The number of carbonyl (C=O) groups is 1. The minimum atomic E-state index is -0.279. The molecule has 1 amide bonds. The summed E-state index contributed by atoms with van der Waals surface area (Å²) in [7, 11) is 0. The van der Waals surface area contributed by atoms with Crippen LogP contribution in [0.25, 0.3) is 0 Å². The number of nitrogens with one attached hydrogen (secondary N) is 1. The normalized spacial score (nSPS) is 43.4. The van der Waals surface area contributed by atoms with Crippen molar-refractivity contribution >= 4 is 6.09 Å². The van der Waals surface area contributed by atoms with Crippen LogP contribution < -0.4 is 5.32 Å². The molecule has 5 atom stereocenters. The summed E-state index contributed by atoms with van der Waals surface area (Å²) < 4.78 is 16.6. The Balaban J connectivity index is 1.11. The van der Waals surface area contributed by atoms with Crippen molar-refractivity contribution in [2.45, 2.75) is 75.3 Å². The van der Waals surface area contributed by atoms with E-state index in [2.05, 4.69) is 5.32 Å². The number of ether oxygens (including phenoxy) is 3. The lowest BCUT2D eigenvalue weighted by Gasteiger charge is -2.19. The van der Waals surface area contributed by atoms with Crippen LogP contribution in [0.5, 0.6) is 0 Å². The number of hydrogen-bond acceptors (Lipinski definition) is 4. The molecule has 0 bridgehead atoms. The van der Waals surface area contributed by atoms with Crippen LogP contribution in [-0.2, 0) is 14.2 Å². The minimum Gasteiger partial charge on any atom is -0.449 e. The topological polar surface area (TPSA) is 63.4 Å². The summed E-state index contributed by atoms with van der Waals surface area (Å²) in [4.78, 5) is 11.7. The molecule has 0 aromatic carbocycles. The molecule has 2 aliphatic heterocycles. The maximum atomic E-state index is 11.7. The summed E-state index contributed by atoms with van der Waals surface area (Å²) in [6.07, 6.45) is 10.2. The number of carbonyl (C=O) groups excluding carboxylic acids is 1. The van der Waals surface area contributed by atoms with Gasteiger partial charge in [-0.3, -0.25) is 0 Å². The first-order valence-corrected chi connectivity index (χ1v) is 8.49. The van der Waals surface area contributed by atoms with Crippen molar-refractivity contribution in [1.29, 1.82) is 0 Å². The molecule has 2 aliphatic carbocycles. The molecule has 2 heterocycles. The van der Waals surface area contributed by atoms with Gasteiger partial charge < -0.3 is 19.5 Å². The van der Waals surface area contributed by atoms with E-state index in [1.54, 1.807) is 0 Å². The standard InChI is InChI=1S/C16H25NO4/c18-15(19-10-11-4-5-12-13(9-11)20-12)17-8-7-16-6-2-1-3-14(16)21-16/h11-14H,1-10H2,(H,17,18). The molecule has 21 heavy (non-hydrogen) atoms. The number of epoxide rings is 2. The van der Waals surface area contributed by atoms with Crippen molar-refractivity contribution in [3.05, 3.63) is 0 Å². The van der Waals surface area contributed by atoms with E-state index < -0.39 is 0 Å². The zero-order chi connectivity index (χ0) is 14.3. The second-order valence-corrected chi connectivity index (χ2v) is 7.08. The number of hydrogen-bond donors (Lipinski definition) is 1. The zero-order valence-corrected chi connectivity index (χ0v) is 12.5. The molecule has 1 N–H and O–H groups in total. The maximum absolute atomic E-state index is 11.7. The van der Waals surface area contributed by atoms with Crippen molar-refractivity contribution in [2.24, 2.45) is 5.92 Å². The van der Waals surface area contributed by atoms with Gasteiger partial charge in [0.15, 0.2) is 0 Å². The van der Waals surface area contributed by atoms with Gasteiger partial charge in [-0.1, -0.05) is 12.8 Å². The van der Waals surface area contributed by atoms with Crippen molar-refractivity contribution < 1.29 is 19.0 Å². The van der Waals surface area contributed by atoms with Gasteiger partial charge in [0.25, 0.3) is 0 Å². The Bertz CT molecular complexity index is 415. The zero-order valence-electron chi connectivity index (χ0n) is 12.5. The van der Waals surface area contributed by atoms with Crippen molar-refractivity contribution in [3.63, 3.8) is 0 Å². The van der Waals surface area contributed by atoms with Gasteiger partial charge in [0.1, 0.15) is 0 Å². The van der Waals surface area contributed by atoms with E-state index in [-0.39, 0.29) is 11.7 Å². The number of rotatable bonds is 5. The first-order valence-electron chi connectivity index (χ1n) is 8.49. The van der Waals surface area contributed by atoms with E-state index in [0.29, 0.717) is 37.4 Å². The number of alkyl carbamates (subject to hydrolysis) is 1. The highest BCUT2D eigenvalue weighted by atomic mass is 16.6. The van der Waals surface area contributed by atoms with E-state index >= 15 is 0 Å². The third-order valence-corrected chi connectivity index (χ3v) is 5.60. The third kappa shape index (κ3) is 3.04. The van der Waals surface area contributed by atoms with E-state index in [0.717, 1.165) is 32.1 Å². The van der Waals surface area contributed by atoms with Gasteiger partial charge >= 0.3 is 6.09 Å². The molecule has 0 spiro atoms. The van der Waals surface area contributed by atoms with Gasteiger partial charge in [0, 0.05) is 6.54 Å². The number of amides is 1. The maximum Gasteiger partial charge on any atom is 0.407 e. The Morgan fingerprint density at radius 2 is 2.19 bits per heavy atom. The van der Waals surface area contributed by atoms with Crippen LogP contribution in [0.4, 0.5) is 4.79 Å². The molecule has 4 rings (SSSR count). The Kier molecular flexibility index (Phi) is 3.58. The SMILES string of the molecule is O=C(NCCC12CCCCC1O2)OCC1CCC2OC2C1. The van der Waals surface area contributed by atoms with Crippen LogP contribution in [0.3, 0.4) is 0 Å². The first-order chi connectivity index (χ1) is 10.3. The highest BCUT2D eigenvalue weighted by Gasteiger charge is 2.56. The lowest BCUT2D eigenvalue weighted by atomic mass is 9.87.